The third-order valence-corrected chi connectivity index (χ3v) is 10.8. The molecule has 1 aliphatic heterocycles. The quantitative estimate of drug-likeness (QED) is 0.336. The van der Waals surface area contributed by atoms with Gasteiger partial charge in [0, 0.05) is 23.9 Å². The van der Waals surface area contributed by atoms with Crippen LogP contribution in [0.2, 0.25) is 5.02 Å². The van der Waals surface area contributed by atoms with Crippen LogP contribution < -0.4 is 5.32 Å². The number of alkyl halides is 1. The summed E-state index contributed by atoms with van der Waals surface area (Å²) >= 11 is 5.87. The van der Waals surface area contributed by atoms with Crippen LogP contribution in [-0.4, -0.2) is 47.1 Å². The van der Waals surface area contributed by atoms with Crippen molar-refractivity contribution in [2.75, 3.05) is 0 Å². The van der Waals surface area contributed by atoms with Crippen molar-refractivity contribution in [1.29, 1.82) is 0 Å². The van der Waals surface area contributed by atoms with Gasteiger partial charge in [0.1, 0.15) is 23.4 Å². The molecule has 3 fully saturated rings. The molecule has 1 heterocycles. The number of carbonyl (C=O) groups is 1. The molecule has 4 aliphatic rings. The van der Waals surface area contributed by atoms with Gasteiger partial charge in [-0.3, -0.25) is 9.79 Å². The molecule has 2 aromatic carbocycles. The van der Waals surface area contributed by atoms with Crippen LogP contribution in [0.4, 0.5) is 8.78 Å². The van der Waals surface area contributed by atoms with E-state index in [-0.39, 0.29) is 34.1 Å². The van der Waals surface area contributed by atoms with Crippen LogP contribution in [0, 0.1) is 11.2 Å². The van der Waals surface area contributed by atoms with Gasteiger partial charge in [0.2, 0.25) is 10.0 Å². The maximum atomic E-state index is 14.3. The van der Waals surface area contributed by atoms with E-state index in [1.807, 2.05) is 13.8 Å². The fraction of sp³-hybridized carbons (Fsp3) is 0.533. The van der Waals surface area contributed by atoms with E-state index in [1.165, 1.54) is 30.3 Å². The van der Waals surface area contributed by atoms with E-state index in [9.17, 15) is 22.0 Å². The standard InChI is InChI=1S/C30H36ClF2N3O3S/c1-27(2,33)14-8-11-24(37)25-28(3,4)35-26(34-25)29-17-30(18-29,19-29)36(16-20-12-13-22(31)23(32)15-20)40(38,39)21-9-6-5-7-10-21/h5-7,9-10,12-13,15,25H,8,11,14,16-19H2,1-4H3,(H,34,35)/t25-,29?,30?/m0/s1. The predicted molar refractivity (Wildman–Crippen MR) is 152 cm³/mol. The van der Waals surface area contributed by atoms with Crippen molar-refractivity contribution < 1.29 is 22.0 Å². The van der Waals surface area contributed by atoms with Gasteiger partial charge in [-0.1, -0.05) is 35.9 Å². The van der Waals surface area contributed by atoms with Gasteiger partial charge in [0.15, 0.2) is 5.78 Å². The van der Waals surface area contributed by atoms with Crippen molar-refractivity contribution in [2.45, 2.75) is 100 Å². The van der Waals surface area contributed by atoms with Crippen molar-refractivity contribution >= 4 is 33.2 Å². The zero-order chi connectivity index (χ0) is 29.1. The van der Waals surface area contributed by atoms with Gasteiger partial charge < -0.3 is 5.32 Å². The number of Topliss-reactive ketones (excluding diaryl/α,β-unsaturated/α-hetero) is 1. The van der Waals surface area contributed by atoms with Gasteiger partial charge in [-0.15, -0.1) is 0 Å². The van der Waals surface area contributed by atoms with Crippen molar-refractivity contribution in [3.63, 3.8) is 0 Å². The minimum atomic E-state index is -3.89. The number of ketones is 1. The van der Waals surface area contributed by atoms with E-state index in [0.29, 0.717) is 37.7 Å². The Morgan fingerprint density at radius 3 is 2.40 bits per heavy atom. The van der Waals surface area contributed by atoms with Crippen LogP contribution >= 0.6 is 11.6 Å². The Kier molecular flexibility index (Phi) is 7.20. The first-order valence-electron chi connectivity index (χ1n) is 13.7. The van der Waals surface area contributed by atoms with Crippen LogP contribution in [0.15, 0.2) is 58.4 Å². The summed E-state index contributed by atoms with van der Waals surface area (Å²) in [5.41, 5.74) is -2.35. The van der Waals surface area contributed by atoms with E-state index in [2.05, 4.69) is 5.32 Å². The molecule has 3 saturated carbocycles. The smallest absolute Gasteiger partial charge is 0.243 e. The van der Waals surface area contributed by atoms with Crippen LogP contribution in [0.25, 0.3) is 0 Å². The molecule has 0 unspecified atom stereocenters. The number of nitrogens with one attached hydrogen (secondary N) is 1. The molecule has 0 radical (unpaired) electrons. The predicted octanol–water partition coefficient (Wildman–Crippen LogP) is 6.23. The second-order valence-electron chi connectivity index (χ2n) is 12.9. The molecule has 6 nitrogen and oxygen atoms in total. The Hall–Kier alpha value is -2.36. The number of halogens is 3. The normalized spacial score (nSPS) is 27.0. The highest BCUT2D eigenvalue weighted by molar-refractivity contribution is 7.89. The number of sulfonamides is 1. The lowest BCUT2D eigenvalue weighted by molar-refractivity contribution is -0.151. The first-order valence-corrected chi connectivity index (χ1v) is 15.5. The molecule has 0 saturated heterocycles. The summed E-state index contributed by atoms with van der Waals surface area (Å²) in [4.78, 5) is 18.1. The van der Waals surface area contributed by atoms with E-state index >= 15 is 0 Å². The third-order valence-electron chi connectivity index (χ3n) is 8.56. The molecule has 2 aromatic rings. The van der Waals surface area contributed by atoms with Gasteiger partial charge >= 0.3 is 0 Å². The number of amidine groups is 1. The van der Waals surface area contributed by atoms with E-state index in [0.717, 1.165) is 5.84 Å². The van der Waals surface area contributed by atoms with Gasteiger partial charge in [-0.25, -0.2) is 17.2 Å². The summed E-state index contributed by atoms with van der Waals surface area (Å²) in [7, 11) is -3.89. The lowest BCUT2D eigenvalue weighted by Gasteiger charge is -2.73. The molecular weight excluding hydrogens is 556 g/mol. The highest BCUT2D eigenvalue weighted by Gasteiger charge is 2.75. The summed E-state index contributed by atoms with van der Waals surface area (Å²) in [6.45, 7) is 6.91. The number of hydrogen-bond acceptors (Lipinski definition) is 5. The van der Waals surface area contributed by atoms with E-state index in [4.69, 9.17) is 16.6 Å². The molecule has 10 heteroatoms. The summed E-state index contributed by atoms with van der Waals surface area (Å²) in [6.07, 6.45) is 2.71. The van der Waals surface area contributed by atoms with Gasteiger partial charge in [-0.2, -0.15) is 4.31 Å². The van der Waals surface area contributed by atoms with Crippen molar-refractivity contribution in [1.82, 2.24) is 9.62 Å². The zero-order valence-electron chi connectivity index (χ0n) is 23.3. The number of rotatable bonds is 11. The SMILES string of the molecule is CC(C)(F)CCCC(=O)[C@@H]1N=C(C23CC(N(Cc4ccc(Cl)c(F)c4)S(=O)(=O)c4ccccc4)(C2)C3)NC1(C)C. The molecule has 40 heavy (non-hydrogen) atoms. The lowest BCUT2D eigenvalue weighted by Crippen LogP contribution is -2.78. The number of aliphatic imine (C=N–C) groups is 1. The van der Waals surface area contributed by atoms with Gasteiger partial charge in [0.25, 0.3) is 0 Å². The molecule has 2 bridgehead atoms. The van der Waals surface area contributed by atoms with Crippen molar-refractivity contribution in [3.05, 3.63) is 64.9 Å². The first-order chi connectivity index (χ1) is 18.6. The Labute approximate surface area is 240 Å². The Bertz CT molecular complexity index is 1430. The molecule has 3 aliphatic carbocycles. The summed E-state index contributed by atoms with van der Waals surface area (Å²) in [5, 5.41) is 3.44. The topological polar surface area (TPSA) is 78.8 Å². The lowest BCUT2D eigenvalue weighted by atomic mass is 9.38. The monoisotopic (exact) mass is 591 g/mol. The van der Waals surface area contributed by atoms with E-state index < -0.39 is 38.6 Å². The van der Waals surface area contributed by atoms with E-state index in [1.54, 1.807) is 36.4 Å². The third kappa shape index (κ3) is 5.21. The highest BCUT2D eigenvalue weighted by atomic mass is 35.5. The summed E-state index contributed by atoms with van der Waals surface area (Å²) in [6, 6.07) is 12.0. The fourth-order valence-corrected chi connectivity index (χ4v) is 8.44. The maximum absolute atomic E-state index is 14.3. The van der Waals surface area contributed by atoms with Crippen LogP contribution in [0.3, 0.4) is 0 Å². The molecular formula is C30H36ClF2N3O3S. The first kappa shape index (κ1) is 29.1. The van der Waals surface area contributed by atoms with Crippen molar-refractivity contribution in [2.24, 2.45) is 10.4 Å². The van der Waals surface area contributed by atoms with Gasteiger partial charge in [-0.05, 0) is 89.6 Å². The largest absolute Gasteiger partial charge is 0.366 e. The molecule has 0 amide bonds. The molecule has 1 N–H and O–H groups in total. The summed E-state index contributed by atoms with van der Waals surface area (Å²) in [5.74, 6) is 0.136. The minimum absolute atomic E-state index is 0.0127. The van der Waals surface area contributed by atoms with Crippen LogP contribution in [0.1, 0.15) is 71.8 Å². The molecule has 216 valence electrons. The summed E-state index contributed by atoms with van der Waals surface area (Å²) < 4.78 is 57.4. The van der Waals surface area contributed by atoms with Crippen molar-refractivity contribution in [3.8, 4) is 0 Å². The van der Waals surface area contributed by atoms with Gasteiger partial charge in [0.05, 0.1) is 15.5 Å². The average Bonchev–Trinajstić information content (AvgIpc) is 3.13. The van der Waals surface area contributed by atoms with Crippen LogP contribution in [0.5, 0.6) is 0 Å². The second kappa shape index (κ2) is 9.88. The molecule has 0 aromatic heterocycles. The van der Waals surface area contributed by atoms with Crippen LogP contribution in [-0.2, 0) is 21.4 Å². The second-order valence-corrected chi connectivity index (χ2v) is 15.1. The molecule has 6 rings (SSSR count). The molecule has 1 atom stereocenters. The molecule has 0 spiro atoms. The fourth-order valence-electron chi connectivity index (χ4n) is 6.54. The highest BCUT2D eigenvalue weighted by Crippen LogP contribution is 2.71. The number of carbonyl (C=O) groups excluding carboxylic acids is 1. The minimum Gasteiger partial charge on any atom is -0.366 e. The number of nitrogens with zero attached hydrogens (tertiary/aromatic N) is 2. The Balaban J connectivity index is 1.36. The average molecular weight is 592 g/mol. The Morgan fingerprint density at radius 2 is 1.80 bits per heavy atom. The number of benzene rings is 2. The number of hydrogen-bond donors (Lipinski definition) is 1. The maximum Gasteiger partial charge on any atom is 0.243 e. The Morgan fingerprint density at radius 1 is 1.15 bits per heavy atom. The zero-order valence-corrected chi connectivity index (χ0v) is 24.9.